The molecule has 0 unspecified atom stereocenters. The molecule has 0 radical (unpaired) electrons. The predicted molar refractivity (Wildman–Crippen MR) is 88.4 cm³/mol. The summed E-state index contributed by atoms with van der Waals surface area (Å²) >= 11 is 0. The van der Waals surface area contributed by atoms with Gasteiger partial charge in [-0.05, 0) is 50.4 Å². The van der Waals surface area contributed by atoms with Gasteiger partial charge in [-0.3, -0.25) is 9.36 Å². The number of aromatic nitrogens is 2. The fourth-order valence-electron chi connectivity index (χ4n) is 3.18. The smallest absolute Gasteiger partial charge is 0.261 e. The van der Waals surface area contributed by atoms with E-state index in [4.69, 9.17) is 0 Å². The lowest BCUT2D eigenvalue weighted by atomic mass is 9.96. The summed E-state index contributed by atoms with van der Waals surface area (Å²) in [6.45, 7) is 2.49. The minimum atomic E-state index is -0.803. The molecule has 1 aromatic carbocycles. The Kier molecular flexibility index (Phi) is 4.93. The van der Waals surface area contributed by atoms with E-state index in [1.807, 2.05) is 0 Å². The van der Waals surface area contributed by atoms with Crippen LogP contribution in [0.5, 0.6) is 0 Å². The Morgan fingerprint density at radius 1 is 1.50 bits per heavy atom. The van der Waals surface area contributed by atoms with Crippen molar-refractivity contribution >= 4 is 10.9 Å². The molecular weight excluding hydrogens is 313 g/mol. The van der Waals surface area contributed by atoms with Gasteiger partial charge in [-0.15, -0.1) is 0 Å². The van der Waals surface area contributed by atoms with Gasteiger partial charge in [0.1, 0.15) is 5.82 Å². The van der Waals surface area contributed by atoms with Crippen molar-refractivity contribution in [3.63, 3.8) is 0 Å². The Bertz CT molecular complexity index is 792. The Hall–Kier alpha value is -1.83. The van der Waals surface area contributed by atoms with Gasteiger partial charge < -0.3 is 15.5 Å². The average Bonchev–Trinajstić information content (AvgIpc) is 2.54. The Labute approximate surface area is 139 Å². The molecule has 3 atom stereocenters. The van der Waals surface area contributed by atoms with Gasteiger partial charge in [0.25, 0.3) is 5.56 Å². The van der Waals surface area contributed by atoms with Crippen molar-refractivity contribution in [2.45, 2.75) is 51.0 Å². The van der Waals surface area contributed by atoms with Crippen LogP contribution in [0.25, 0.3) is 10.9 Å². The molecule has 0 aliphatic carbocycles. The van der Waals surface area contributed by atoms with E-state index in [0.717, 1.165) is 13.0 Å². The number of halogens is 1. The summed E-state index contributed by atoms with van der Waals surface area (Å²) in [5.41, 5.74) is 0.494. The van der Waals surface area contributed by atoms with Crippen LogP contribution in [0.3, 0.4) is 0 Å². The monoisotopic (exact) mass is 335 g/mol. The zero-order chi connectivity index (χ0) is 17.3. The highest BCUT2D eigenvalue weighted by Gasteiger charge is 2.25. The summed E-state index contributed by atoms with van der Waals surface area (Å²) in [6, 6.07) is 2.54. The number of aliphatic hydroxyl groups excluding tert-OH is 2. The first-order chi connectivity index (χ1) is 11.5. The maximum Gasteiger partial charge on any atom is 0.261 e. The van der Waals surface area contributed by atoms with Gasteiger partial charge in [-0.2, -0.15) is 0 Å². The van der Waals surface area contributed by atoms with E-state index >= 15 is 0 Å². The minimum absolute atomic E-state index is 0.0577. The van der Waals surface area contributed by atoms with Crippen LogP contribution in [-0.2, 0) is 6.54 Å². The Morgan fingerprint density at radius 2 is 2.29 bits per heavy atom. The van der Waals surface area contributed by atoms with Gasteiger partial charge in [-0.1, -0.05) is 0 Å². The number of aliphatic hydroxyl groups is 2. The number of hydrogen-bond donors (Lipinski definition) is 3. The number of hydrogen-bond acceptors (Lipinski definition) is 5. The number of nitrogens with zero attached hydrogens (tertiary/aromatic N) is 2. The molecule has 1 aliphatic heterocycles. The van der Waals surface area contributed by atoms with Gasteiger partial charge in [0.2, 0.25) is 0 Å². The topological polar surface area (TPSA) is 87.4 Å². The zero-order valence-electron chi connectivity index (χ0n) is 13.6. The molecule has 0 amide bonds. The number of piperidine rings is 1. The molecule has 7 heteroatoms. The van der Waals surface area contributed by atoms with Gasteiger partial charge >= 0.3 is 0 Å². The van der Waals surface area contributed by atoms with Crippen LogP contribution in [-0.4, -0.2) is 44.6 Å². The molecule has 3 N–H and O–H groups in total. The second kappa shape index (κ2) is 6.96. The van der Waals surface area contributed by atoms with Crippen molar-refractivity contribution in [2.75, 3.05) is 6.54 Å². The number of rotatable bonds is 4. The standard InChI is InChI=1S/C17H22FN3O3/c1-10-5-14-12(7-13(10)18)17(24)21(9-20-14)8-11(22)6-15-16(23)3-2-4-19-15/h5,7,9,11,15-16,19,22-23H,2-4,6,8H2,1H3/t11-,15+,16-/m0/s1. The normalized spacial score (nSPS) is 22.7. The number of benzene rings is 1. The molecule has 1 aliphatic rings. The molecule has 0 bridgehead atoms. The van der Waals surface area contributed by atoms with Crippen LogP contribution < -0.4 is 10.9 Å². The summed E-state index contributed by atoms with van der Waals surface area (Å²) in [6.07, 6.45) is 2.04. The van der Waals surface area contributed by atoms with Crippen LogP contribution in [0.2, 0.25) is 0 Å². The highest BCUT2D eigenvalue weighted by molar-refractivity contribution is 5.78. The highest BCUT2D eigenvalue weighted by Crippen LogP contribution is 2.15. The number of nitrogens with one attached hydrogen (secondary N) is 1. The lowest BCUT2D eigenvalue weighted by molar-refractivity contribution is 0.0539. The first-order valence-electron chi connectivity index (χ1n) is 8.20. The first-order valence-corrected chi connectivity index (χ1v) is 8.20. The molecule has 6 nitrogen and oxygen atoms in total. The molecule has 0 spiro atoms. The third kappa shape index (κ3) is 3.48. The van der Waals surface area contributed by atoms with Crippen molar-refractivity contribution in [1.29, 1.82) is 0 Å². The molecular formula is C17H22FN3O3. The molecule has 2 aromatic rings. The Balaban J connectivity index is 1.78. The van der Waals surface area contributed by atoms with E-state index in [9.17, 15) is 19.4 Å². The van der Waals surface area contributed by atoms with Gasteiger partial charge in [-0.25, -0.2) is 9.37 Å². The van der Waals surface area contributed by atoms with E-state index in [-0.39, 0.29) is 23.5 Å². The zero-order valence-corrected chi connectivity index (χ0v) is 13.6. The highest BCUT2D eigenvalue weighted by atomic mass is 19.1. The van der Waals surface area contributed by atoms with E-state index in [1.54, 1.807) is 6.92 Å². The molecule has 0 saturated carbocycles. The largest absolute Gasteiger partial charge is 0.392 e. The maximum absolute atomic E-state index is 13.7. The van der Waals surface area contributed by atoms with Crippen molar-refractivity contribution in [3.8, 4) is 0 Å². The van der Waals surface area contributed by atoms with E-state index in [2.05, 4.69) is 10.3 Å². The predicted octanol–water partition coefficient (Wildman–Crippen LogP) is 0.708. The van der Waals surface area contributed by atoms with Crippen LogP contribution in [0, 0.1) is 12.7 Å². The third-order valence-electron chi connectivity index (χ3n) is 4.59. The fraction of sp³-hybridized carbons (Fsp3) is 0.529. The molecule has 130 valence electrons. The summed E-state index contributed by atoms with van der Waals surface area (Å²) in [5.74, 6) is -0.450. The number of fused-ring (bicyclic) bond motifs is 1. The second-order valence-electron chi connectivity index (χ2n) is 6.48. The number of aryl methyl sites for hydroxylation is 1. The quantitative estimate of drug-likeness (QED) is 0.766. The SMILES string of the molecule is Cc1cc2ncn(C[C@@H](O)C[C@H]3NCCC[C@@H]3O)c(=O)c2cc1F. The van der Waals surface area contributed by atoms with Crippen LogP contribution in [0.4, 0.5) is 4.39 Å². The van der Waals surface area contributed by atoms with Gasteiger partial charge in [0.05, 0.1) is 36.0 Å². The van der Waals surface area contributed by atoms with Crippen LogP contribution in [0.15, 0.2) is 23.3 Å². The molecule has 1 fully saturated rings. The van der Waals surface area contributed by atoms with Gasteiger partial charge in [0.15, 0.2) is 0 Å². The summed E-state index contributed by atoms with van der Waals surface area (Å²) in [4.78, 5) is 16.6. The molecule has 3 rings (SSSR count). The molecule has 24 heavy (non-hydrogen) atoms. The van der Waals surface area contributed by atoms with E-state index in [0.29, 0.717) is 23.9 Å². The van der Waals surface area contributed by atoms with Crippen molar-refractivity contribution in [2.24, 2.45) is 0 Å². The van der Waals surface area contributed by atoms with Crippen molar-refractivity contribution in [1.82, 2.24) is 14.9 Å². The second-order valence-corrected chi connectivity index (χ2v) is 6.48. The molecule has 1 aromatic heterocycles. The van der Waals surface area contributed by atoms with Crippen molar-refractivity contribution in [3.05, 3.63) is 40.2 Å². The van der Waals surface area contributed by atoms with E-state index < -0.39 is 18.0 Å². The summed E-state index contributed by atoms with van der Waals surface area (Å²) in [7, 11) is 0. The molecule has 1 saturated heterocycles. The lowest BCUT2D eigenvalue weighted by Crippen LogP contribution is -2.47. The first kappa shape index (κ1) is 17.0. The van der Waals surface area contributed by atoms with Crippen LogP contribution in [0.1, 0.15) is 24.8 Å². The average molecular weight is 335 g/mol. The van der Waals surface area contributed by atoms with Crippen LogP contribution >= 0.6 is 0 Å². The molecule has 2 heterocycles. The summed E-state index contributed by atoms with van der Waals surface area (Å²) < 4.78 is 15.0. The van der Waals surface area contributed by atoms with Crippen molar-refractivity contribution < 1.29 is 14.6 Å². The van der Waals surface area contributed by atoms with Gasteiger partial charge in [0, 0.05) is 6.04 Å². The lowest BCUT2D eigenvalue weighted by Gasteiger charge is -2.30. The minimum Gasteiger partial charge on any atom is -0.392 e. The maximum atomic E-state index is 13.7. The third-order valence-corrected chi connectivity index (χ3v) is 4.59. The van der Waals surface area contributed by atoms with E-state index in [1.165, 1.54) is 23.0 Å². The Morgan fingerprint density at radius 3 is 3.04 bits per heavy atom. The summed E-state index contributed by atoms with van der Waals surface area (Å²) in [5, 5.41) is 23.6. The fourth-order valence-corrected chi connectivity index (χ4v) is 3.18.